The van der Waals surface area contributed by atoms with Crippen LogP contribution in [0, 0.1) is 0 Å². The second-order valence-electron chi connectivity index (χ2n) is 7.31. The Kier molecular flexibility index (Phi) is 6.10. The summed E-state index contributed by atoms with van der Waals surface area (Å²) in [4.78, 5) is 4.80. The number of rotatable bonds is 6. The van der Waals surface area contributed by atoms with E-state index in [9.17, 15) is 0 Å². The van der Waals surface area contributed by atoms with Crippen LogP contribution in [0.25, 0.3) is 0 Å². The van der Waals surface area contributed by atoms with Crippen molar-refractivity contribution in [1.29, 1.82) is 0 Å². The molecular formula is C25H31N3O. The van der Waals surface area contributed by atoms with E-state index in [-0.39, 0.29) is 14.9 Å². The average molecular weight is 390 g/mol. The Morgan fingerprint density at radius 1 is 1.07 bits per heavy atom. The van der Waals surface area contributed by atoms with E-state index in [1.807, 2.05) is 18.2 Å². The van der Waals surface area contributed by atoms with E-state index >= 15 is 0 Å². The molecule has 0 bridgehead atoms. The summed E-state index contributed by atoms with van der Waals surface area (Å²) in [7, 11) is 1.69. The van der Waals surface area contributed by atoms with E-state index in [0.29, 0.717) is 6.54 Å². The molecule has 29 heavy (non-hydrogen) atoms. The molecule has 4 heteroatoms. The number of benzene rings is 2. The fourth-order valence-electron chi connectivity index (χ4n) is 3.75. The molecule has 2 aromatic carbocycles. The molecular weight excluding hydrogens is 358 g/mol. The van der Waals surface area contributed by atoms with E-state index in [1.54, 1.807) is 7.11 Å². The molecule has 1 aliphatic heterocycles. The third-order valence-electron chi connectivity index (χ3n) is 5.26. The zero-order chi connectivity index (χ0) is 19.9. The number of aliphatic imine (C=N–C) groups is 1. The van der Waals surface area contributed by atoms with Crippen LogP contribution >= 0.6 is 0 Å². The summed E-state index contributed by atoms with van der Waals surface area (Å²) >= 11 is 0. The summed E-state index contributed by atoms with van der Waals surface area (Å²) in [6.07, 6.45) is 12.8. The zero-order valence-electron chi connectivity index (χ0n) is 16.7. The van der Waals surface area contributed by atoms with Gasteiger partial charge in [0.2, 0.25) is 0 Å². The van der Waals surface area contributed by atoms with E-state index in [4.69, 9.17) is 9.73 Å². The van der Waals surface area contributed by atoms with Gasteiger partial charge < -0.3 is 15.4 Å². The van der Waals surface area contributed by atoms with Crippen molar-refractivity contribution >= 4 is 5.96 Å². The fourth-order valence-corrected chi connectivity index (χ4v) is 3.75. The van der Waals surface area contributed by atoms with Gasteiger partial charge in [-0.15, -0.1) is 0 Å². The summed E-state index contributed by atoms with van der Waals surface area (Å²) in [5, 5.41) is 7.22. The maximum atomic E-state index is 5.32. The fraction of sp³-hybridized carbons (Fsp3) is 0.240. The van der Waals surface area contributed by atoms with Crippen LogP contribution in [0.1, 0.15) is 32.9 Å². The van der Waals surface area contributed by atoms with Crippen LogP contribution in [0.4, 0.5) is 0 Å². The van der Waals surface area contributed by atoms with Crippen LogP contribution in [0.3, 0.4) is 0 Å². The third-order valence-corrected chi connectivity index (χ3v) is 5.26. The standard InChI is InChI=1S/C25H27N3O.2H2/c1-29-22-15-9-12-20(16-22)18-26-25-27-23(17-19-10-5-2-3-6-11-19)24(28-25)21-13-7-4-8-14-21;;/h2-5,7-16,23-24H,6,17-18H2,1H3,(H2,26,27,28);2*1H/t23?,24-;;/m0../s1. The van der Waals surface area contributed by atoms with E-state index in [0.717, 1.165) is 30.1 Å². The van der Waals surface area contributed by atoms with Crippen molar-refractivity contribution in [2.45, 2.75) is 31.5 Å². The Bertz CT molecular complexity index is 954. The molecule has 2 aliphatic rings. The Labute approximate surface area is 175 Å². The number of nitrogens with zero attached hydrogens (tertiary/aromatic N) is 1. The van der Waals surface area contributed by atoms with Gasteiger partial charge in [-0.05, 0) is 41.7 Å². The molecule has 1 fully saturated rings. The van der Waals surface area contributed by atoms with Gasteiger partial charge in [-0.2, -0.15) is 0 Å². The molecule has 2 N–H and O–H groups in total. The highest BCUT2D eigenvalue weighted by atomic mass is 16.5. The van der Waals surface area contributed by atoms with Crippen LogP contribution in [-0.2, 0) is 6.54 Å². The normalized spacial score (nSPS) is 22.0. The van der Waals surface area contributed by atoms with Crippen molar-refractivity contribution in [1.82, 2.24) is 10.6 Å². The molecule has 1 saturated heterocycles. The highest BCUT2D eigenvalue weighted by Crippen LogP contribution is 2.26. The van der Waals surface area contributed by atoms with Crippen LogP contribution in [0.2, 0.25) is 0 Å². The summed E-state index contributed by atoms with van der Waals surface area (Å²) in [5.74, 6) is 1.71. The molecule has 1 aliphatic carbocycles. The van der Waals surface area contributed by atoms with Crippen molar-refractivity contribution in [2.24, 2.45) is 4.99 Å². The second kappa shape index (κ2) is 9.28. The van der Waals surface area contributed by atoms with Gasteiger partial charge in [-0.3, -0.25) is 0 Å². The number of ether oxygens (including phenoxy) is 1. The lowest BCUT2D eigenvalue weighted by atomic mass is 9.95. The summed E-state index contributed by atoms with van der Waals surface area (Å²) < 4.78 is 5.32. The molecule has 2 aromatic rings. The molecule has 0 saturated carbocycles. The Balaban J connectivity index is 0.00000171. The van der Waals surface area contributed by atoms with E-state index in [1.165, 1.54) is 11.1 Å². The van der Waals surface area contributed by atoms with Gasteiger partial charge in [0.05, 0.1) is 25.7 Å². The lowest BCUT2D eigenvalue weighted by Gasteiger charge is -2.19. The summed E-state index contributed by atoms with van der Waals surface area (Å²) in [6, 6.07) is 19.1. The topological polar surface area (TPSA) is 45.6 Å². The average Bonchev–Trinajstić information content (AvgIpc) is 2.99. The van der Waals surface area contributed by atoms with E-state index in [2.05, 4.69) is 77.4 Å². The monoisotopic (exact) mass is 389 g/mol. The number of hydrogen-bond donors (Lipinski definition) is 2. The van der Waals surface area contributed by atoms with Crippen LogP contribution in [0.5, 0.6) is 5.75 Å². The SMILES string of the molecule is COc1cccc(CN=C2NC(CC3=CCC=CC=C3)[C@H](c3ccccc3)N2)c1.[HH].[HH]. The van der Waals surface area contributed by atoms with E-state index < -0.39 is 0 Å². The van der Waals surface area contributed by atoms with Crippen LogP contribution < -0.4 is 15.4 Å². The molecule has 4 nitrogen and oxygen atoms in total. The molecule has 0 spiro atoms. The van der Waals surface area contributed by atoms with Gasteiger partial charge in [-0.1, -0.05) is 72.8 Å². The molecule has 1 unspecified atom stereocenters. The highest BCUT2D eigenvalue weighted by Gasteiger charge is 2.31. The first-order chi connectivity index (χ1) is 14.3. The minimum atomic E-state index is 0. The molecule has 2 atom stereocenters. The lowest BCUT2D eigenvalue weighted by molar-refractivity contribution is 0.414. The van der Waals surface area contributed by atoms with Crippen molar-refractivity contribution in [3.8, 4) is 5.75 Å². The number of allylic oxidation sites excluding steroid dienone is 5. The molecule has 152 valence electrons. The van der Waals surface area contributed by atoms with Crippen molar-refractivity contribution in [3.05, 3.63) is 102 Å². The molecule has 1 heterocycles. The number of hydrogen-bond acceptors (Lipinski definition) is 2. The highest BCUT2D eigenvalue weighted by molar-refractivity contribution is 5.83. The minimum Gasteiger partial charge on any atom is -0.497 e. The molecule has 0 radical (unpaired) electrons. The first-order valence-electron chi connectivity index (χ1n) is 10.1. The number of guanidine groups is 1. The smallest absolute Gasteiger partial charge is 0.192 e. The van der Waals surface area contributed by atoms with Gasteiger partial charge >= 0.3 is 0 Å². The zero-order valence-corrected chi connectivity index (χ0v) is 16.7. The van der Waals surface area contributed by atoms with Crippen molar-refractivity contribution in [2.75, 3.05) is 7.11 Å². The predicted molar refractivity (Wildman–Crippen MR) is 123 cm³/mol. The Morgan fingerprint density at radius 2 is 1.97 bits per heavy atom. The van der Waals surface area contributed by atoms with Gasteiger partial charge in [0, 0.05) is 2.85 Å². The van der Waals surface area contributed by atoms with Gasteiger partial charge in [0.1, 0.15) is 5.75 Å². The summed E-state index contributed by atoms with van der Waals surface area (Å²) in [6.45, 7) is 0.604. The van der Waals surface area contributed by atoms with Gasteiger partial charge in [-0.25, -0.2) is 4.99 Å². The first-order valence-corrected chi connectivity index (χ1v) is 10.1. The maximum Gasteiger partial charge on any atom is 0.192 e. The molecule has 0 aromatic heterocycles. The second-order valence-corrected chi connectivity index (χ2v) is 7.31. The van der Waals surface area contributed by atoms with Crippen LogP contribution in [0.15, 0.2) is 95.5 Å². The van der Waals surface area contributed by atoms with Crippen LogP contribution in [-0.4, -0.2) is 19.1 Å². The third kappa shape index (κ3) is 4.96. The Morgan fingerprint density at radius 3 is 2.83 bits per heavy atom. The predicted octanol–water partition coefficient (Wildman–Crippen LogP) is 5.18. The quantitative estimate of drug-likeness (QED) is 0.716. The summed E-state index contributed by atoms with van der Waals surface area (Å²) in [5.41, 5.74) is 3.75. The number of nitrogens with one attached hydrogen (secondary N) is 2. The molecule has 0 amide bonds. The minimum absolute atomic E-state index is 0. The van der Waals surface area contributed by atoms with Crippen molar-refractivity contribution < 1.29 is 7.59 Å². The van der Waals surface area contributed by atoms with Gasteiger partial charge in [0.15, 0.2) is 5.96 Å². The number of methoxy groups -OCH3 is 1. The van der Waals surface area contributed by atoms with Gasteiger partial charge in [0.25, 0.3) is 0 Å². The largest absolute Gasteiger partial charge is 0.497 e. The molecule has 4 rings (SSSR count). The Hall–Kier alpha value is -3.27. The van der Waals surface area contributed by atoms with Crippen molar-refractivity contribution in [3.63, 3.8) is 0 Å². The lowest BCUT2D eigenvalue weighted by Crippen LogP contribution is -2.29. The first kappa shape index (κ1) is 19.1. The maximum absolute atomic E-state index is 5.32.